The number of aliphatic imine (C=N–C) groups is 1. The molecule has 1 saturated heterocycles. The van der Waals surface area contributed by atoms with Gasteiger partial charge in [-0.05, 0) is 30.5 Å². The molecule has 26 heavy (non-hydrogen) atoms. The largest absolute Gasteiger partial charge is 0.416 e. The third kappa shape index (κ3) is 6.05. The first kappa shape index (κ1) is 20.3. The van der Waals surface area contributed by atoms with Crippen LogP contribution in [-0.4, -0.2) is 28.8 Å². The smallest absolute Gasteiger partial charge is 0.356 e. The number of amidine groups is 1. The maximum absolute atomic E-state index is 12.7. The molecule has 142 valence electrons. The van der Waals surface area contributed by atoms with E-state index in [4.69, 9.17) is 0 Å². The molecule has 1 atom stereocenters. The summed E-state index contributed by atoms with van der Waals surface area (Å²) in [6.07, 6.45) is -3.62. The van der Waals surface area contributed by atoms with E-state index in [0.717, 1.165) is 30.3 Å². The maximum atomic E-state index is 12.7. The van der Waals surface area contributed by atoms with E-state index in [2.05, 4.69) is 15.6 Å². The molecule has 0 bridgehead atoms. The highest BCUT2D eigenvalue weighted by atomic mass is 32.2. The van der Waals surface area contributed by atoms with Gasteiger partial charge in [0.15, 0.2) is 5.17 Å². The molecule has 0 unspecified atom stereocenters. The predicted molar refractivity (Wildman–Crippen MR) is 95.1 cm³/mol. The van der Waals surface area contributed by atoms with Crippen LogP contribution in [0.4, 0.5) is 18.9 Å². The Kier molecular flexibility index (Phi) is 6.69. The van der Waals surface area contributed by atoms with Gasteiger partial charge in [0.05, 0.1) is 11.3 Å². The second-order valence-corrected chi connectivity index (χ2v) is 7.49. The number of rotatable bonds is 6. The third-order valence-corrected chi connectivity index (χ3v) is 4.68. The fourth-order valence-electron chi connectivity index (χ4n) is 2.20. The van der Waals surface area contributed by atoms with Crippen molar-refractivity contribution >= 4 is 34.4 Å². The van der Waals surface area contributed by atoms with Gasteiger partial charge in [0.25, 0.3) is 0 Å². The summed E-state index contributed by atoms with van der Waals surface area (Å²) in [5.41, 5.74) is -0.723. The lowest BCUT2D eigenvalue weighted by Crippen LogP contribution is -2.32. The van der Waals surface area contributed by atoms with E-state index in [9.17, 15) is 22.8 Å². The van der Waals surface area contributed by atoms with Crippen molar-refractivity contribution in [3.05, 3.63) is 29.8 Å². The van der Waals surface area contributed by atoms with Gasteiger partial charge in [-0.1, -0.05) is 31.7 Å². The first-order chi connectivity index (χ1) is 12.1. The molecule has 0 aromatic heterocycles. The summed E-state index contributed by atoms with van der Waals surface area (Å²) in [5.74, 6) is -0.149. The number of benzene rings is 1. The van der Waals surface area contributed by atoms with Crippen LogP contribution in [0.2, 0.25) is 0 Å². The SMILES string of the molecule is CC(C)CCNC(=O)C[C@H]1SC(=Nc2cccc(C(F)(F)F)c2)NC1=O. The minimum Gasteiger partial charge on any atom is -0.356 e. The Bertz CT molecular complexity index is 705. The Balaban J connectivity index is 1.96. The lowest BCUT2D eigenvalue weighted by atomic mass is 10.1. The highest BCUT2D eigenvalue weighted by Gasteiger charge is 2.33. The van der Waals surface area contributed by atoms with Crippen LogP contribution < -0.4 is 10.6 Å². The topological polar surface area (TPSA) is 70.6 Å². The lowest BCUT2D eigenvalue weighted by molar-refractivity contribution is -0.137. The molecule has 1 fully saturated rings. The summed E-state index contributed by atoms with van der Waals surface area (Å²) < 4.78 is 38.2. The molecule has 0 spiro atoms. The Morgan fingerprint density at radius 1 is 1.38 bits per heavy atom. The van der Waals surface area contributed by atoms with E-state index in [1.165, 1.54) is 12.1 Å². The number of alkyl halides is 3. The molecule has 1 heterocycles. The molecule has 5 nitrogen and oxygen atoms in total. The summed E-state index contributed by atoms with van der Waals surface area (Å²) in [7, 11) is 0. The van der Waals surface area contributed by atoms with Crippen molar-refractivity contribution in [2.45, 2.75) is 38.1 Å². The third-order valence-electron chi connectivity index (χ3n) is 3.60. The molecule has 0 saturated carbocycles. The number of thioether (sulfide) groups is 1. The van der Waals surface area contributed by atoms with Crippen LogP contribution in [0.25, 0.3) is 0 Å². The Morgan fingerprint density at radius 2 is 2.12 bits per heavy atom. The molecule has 0 aliphatic carbocycles. The summed E-state index contributed by atoms with van der Waals surface area (Å²) in [4.78, 5) is 27.9. The summed E-state index contributed by atoms with van der Waals surface area (Å²) >= 11 is 1.04. The van der Waals surface area contributed by atoms with Crippen molar-refractivity contribution in [1.29, 1.82) is 0 Å². The van der Waals surface area contributed by atoms with E-state index in [0.29, 0.717) is 12.5 Å². The number of halogens is 3. The molecular formula is C17H20F3N3O2S. The summed E-state index contributed by atoms with van der Waals surface area (Å²) in [5, 5.41) is 4.81. The van der Waals surface area contributed by atoms with Gasteiger partial charge < -0.3 is 10.6 Å². The minimum absolute atomic E-state index is 0.00376. The molecule has 1 aromatic carbocycles. The quantitative estimate of drug-likeness (QED) is 0.785. The summed E-state index contributed by atoms with van der Waals surface area (Å²) in [6.45, 7) is 4.63. The van der Waals surface area contributed by atoms with Crippen LogP contribution in [0.1, 0.15) is 32.3 Å². The van der Waals surface area contributed by atoms with Crippen LogP contribution in [0.5, 0.6) is 0 Å². The lowest BCUT2D eigenvalue weighted by Gasteiger charge is -2.08. The van der Waals surface area contributed by atoms with Crippen molar-refractivity contribution < 1.29 is 22.8 Å². The van der Waals surface area contributed by atoms with Crippen LogP contribution in [0, 0.1) is 5.92 Å². The molecule has 1 aliphatic heterocycles. The number of amides is 2. The monoisotopic (exact) mass is 387 g/mol. The van der Waals surface area contributed by atoms with Crippen LogP contribution in [0.3, 0.4) is 0 Å². The van der Waals surface area contributed by atoms with Gasteiger partial charge in [-0.15, -0.1) is 0 Å². The van der Waals surface area contributed by atoms with E-state index in [-0.39, 0.29) is 29.1 Å². The zero-order valence-electron chi connectivity index (χ0n) is 14.4. The van der Waals surface area contributed by atoms with Crippen molar-refractivity contribution in [3.8, 4) is 0 Å². The molecule has 2 rings (SSSR count). The second kappa shape index (κ2) is 8.57. The number of hydrogen-bond acceptors (Lipinski definition) is 4. The molecule has 1 aliphatic rings. The van der Waals surface area contributed by atoms with Crippen molar-refractivity contribution in [3.63, 3.8) is 0 Å². The molecule has 1 aromatic rings. The molecule has 0 radical (unpaired) electrons. The maximum Gasteiger partial charge on any atom is 0.416 e. The van der Waals surface area contributed by atoms with Gasteiger partial charge >= 0.3 is 6.18 Å². The zero-order chi connectivity index (χ0) is 19.3. The number of carbonyl (C=O) groups is 2. The van der Waals surface area contributed by atoms with Gasteiger partial charge in [0.2, 0.25) is 11.8 Å². The van der Waals surface area contributed by atoms with Gasteiger partial charge in [0.1, 0.15) is 5.25 Å². The van der Waals surface area contributed by atoms with Crippen LogP contribution in [-0.2, 0) is 15.8 Å². The van der Waals surface area contributed by atoms with Gasteiger partial charge in [0, 0.05) is 13.0 Å². The summed E-state index contributed by atoms with van der Waals surface area (Å²) in [6, 6.07) is 4.53. The molecular weight excluding hydrogens is 367 g/mol. The van der Waals surface area contributed by atoms with Crippen molar-refractivity contribution in [1.82, 2.24) is 10.6 Å². The van der Waals surface area contributed by atoms with E-state index < -0.39 is 17.0 Å². The second-order valence-electron chi connectivity index (χ2n) is 6.30. The van der Waals surface area contributed by atoms with Crippen molar-refractivity contribution in [2.24, 2.45) is 10.9 Å². The van der Waals surface area contributed by atoms with Crippen LogP contribution >= 0.6 is 11.8 Å². The number of nitrogens with one attached hydrogen (secondary N) is 2. The Labute approximate surface area is 153 Å². The van der Waals surface area contributed by atoms with Gasteiger partial charge in [-0.2, -0.15) is 13.2 Å². The predicted octanol–water partition coefficient (Wildman–Crippen LogP) is 3.48. The van der Waals surface area contributed by atoms with E-state index in [1.54, 1.807) is 0 Å². The Morgan fingerprint density at radius 3 is 2.77 bits per heavy atom. The first-order valence-electron chi connectivity index (χ1n) is 8.15. The fraction of sp³-hybridized carbons (Fsp3) is 0.471. The first-order valence-corrected chi connectivity index (χ1v) is 9.03. The fourth-order valence-corrected chi connectivity index (χ4v) is 3.19. The number of nitrogens with zero attached hydrogens (tertiary/aromatic N) is 1. The normalized spacial score (nSPS) is 19.1. The standard InChI is InChI=1S/C17H20F3N3O2S/c1-10(2)6-7-21-14(24)9-13-15(25)23-16(26-13)22-12-5-3-4-11(8-12)17(18,19)20/h3-5,8,10,13H,6-7,9H2,1-2H3,(H,21,24)(H,22,23,25)/t13-/m1/s1. The molecule has 9 heteroatoms. The average Bonchev–Trinajstić information content (AvgIpc) is 2.85. The highest BCUT2D eigenvalue weighted by molar-refractivity contribution is 8.15. The highest BCUT2D eigenvalue weighted by Crippen LogP contribution is 2.32. The molecule has 2 amide bonds. The average molecular weight is 387 g/mol. The minimum atomic E-state index is -4.46. The number of hydrogen-bond donors (Lipinski definition) is 2. The Hall–Kier alpha value is -2.03. The van der Waals surface area contributed by atoms with Gasteiger partial charge in [-0.25, -0.2) is 4.99 Å². The van der Waals surface area contributed by atoms with E-state index >= 15 is 0 Å². The van der Waals surface area contributed by atoms with Crippen molar-refractivity contribution in [2.75, 3.05) is 6.54 Å². The van der Waals surface area contributed by atoms with Gasteiger partial charge in [-0.3, -0.25) is 9.59 Å². The molecule has 2 N–H and O–H groups in total. The van der Waals surface area contributed by atoms with Crippen LogP contribution in [0.15, 0.2) is 29.3 Å². The van der Waals surface area contributed by atoms with E-state index in [1.807, 2.05) is 13.8 Å². The number of carbonyl (C=O) groups excluding carboxylic acids is 2. The zero-order valence-corrected chi connectivity index (χ0v) is 15.2.